The van der Waals surface area contributed by atoms with Crippen molar-refractivity contribution >= 4 is 5.97 Å². The van der Waals surface area contributed by atoms with Crippen LogP contribution in [0.3, 0.4) is 0 Å². The number of nitrogens with zero attached hydrogens (tertiary/aromatic N) is 2. The summed E-state index contributed by atoms with van der Waals surface area (Å²) in [5, 5.41) is 16.6. The Morgan fingerprint density at radius 1 is 1.43 bits per heavy atom. The summed E-state index contributed by atoms with van der Waals surface area (Å²) in [6.45, 7) is 3.38. The second-order valence-corrected chi connectivity index (χ2v) is 5.59. The van der Waals surface area contributed by atoms with Crippen LogP contribution in [0, 0.1) is 6.92 Å². The molecule has 1 aliphatic heterocycles. The molecule has 21 heavy (non-hydrogen) atoms. The van der Waals surface area contributed by atoms with Crippen molar-refractivity contribution in [2.45, 2.75) is 31.8 Å². The number of rotatable bonds is 4. The first-order chi connectivity index (χ1) is 10.2. The summed E-state index contributed by atoms with van der Waals surface area (Å²) in [5.41, 5.74) is 3.17. The third kappa shape index (κ3) is 2.69. The molecule has 2 aromatic rings. The van der Waals surface area contributed by atoms with Crippen LogP contribution in [0.25, 0.3) is 0 Å². The van der Waals surface area contributed by atoms with Gasteiger partial charge in [0.05, 0.1) is 11.9 Å². The average Bonchev–Trinajstić information content (AvgIpc) is 3.07. The van der Waals surface area contributed by atoms with Crippen molar-refractivity contribution in [3.8, 4) is 0 Å². The second-order valence-electron chi connectivity index (χ2n) is 5.59. The van der Waals surface area contributed by atoms with Gasteiger partial charge in [0.15, 0.2) is 0 Å². The maximum Gasteiger partial charge on any atom is 0.321 e. The highest BCUT2D eigenvalue weighted by Crippen LogP contribution is 2.34. The second kappa shape index (κ2) is 5.69. The molecule has 1 aromatic carbocycles. The largest absolute Gasteiger partial charge is 0.480 e. The smallest absolute Gasteiger partial charge is 0.321 e. The molecule has 3 rings (SSSR count). The predicted octanol–water partition coefficient (Wildman–Crippen LogP) is 2.16. The van der Waals surface area contributed by atoms with Crippen molar-refractivity contribution in [1.82, 2.24) is 15.1 Å². The van der Waals surface area contributed by atoms with Crippen molar-refractivity contribution in [2.75, 3.05) is 6.54 Å². The van der Waals surface area contributed by atoms with Gasteiger partial charge in [-0.15, -0.1) is 0 Å². The lowest BCUT2D eigenvalue weighted by Gasteiger charge is -2.24. The molecule has 0 aliphatic carbocycles. The molecule has 2 atom stereocenters. The number of H-pyrrole nitrogens is 1. The van der Waals surface area contributed by atoms with Gasteiger partial charge in [-0.25, -0.2) is 0 Å². The molecule has 2 unspecified atom stereocenters. The number of aryl methyl sites for hydroxylation is 1. The normalized spacial score (nSPS) is 22.5. The number of hydrogen-bond acceptors (Lipinski definition) is 3. The number of aromatic nitrogens is 2. The highest BCUT2D eigenvalue weighted by atomic mass is 16.4. The summed E-state index contributed by atoms with van der Waals surface area (Å²) in [4.78, 5) is 13.8. The molecule has 1 saturated heterocycles. The maximum atomic E-state index is 11.7. The molecule has 1 fully saturated rings. The molecule has 0 spiro atoms. The van der Waals surface area contributed by atoms with Crippen molar-refractivity contribution < 1.29 is 9.90 Å². The van der Waals surface area contributed by atoms with E-state index in [1.54, 1.807) is 6.20 Å². The predicted molar refractivity (Wildman–Crippen MR) is 79.0 cm³/mol. The number of likely N-dealkylation sites (tertiary alicyclic amines) is 1. The Hall–Kier alpha value is -2.14. The van der Waals surface area contributed by atoms with E-state index >= 15 is 0 Å². The molecule has 2 N–H and O–H groups in total. The Morgan fingerprint density at radius 2 is 2.19 bits per heavy atom. The van der Waals surface area contributed by atoms with Crippen LogP contribution >= 0.6 is 0 Å². The number of aromatic amines is 1. The van der Waals surface area contributed by atoms with Gasteiger partial charge in [0.2, 0.25) is 0 Å². The number of benzene rings is 1. The molecular weight excluding hydrogens is 266 g/mol. The van der Waals surface area contributed by atoms with Crippen LogP contribution in [0.4, 0.5) is 0 Å². The topological polar surface area (TPSA) is 69.2 Å². The molecule has 0 saturated carbocycles. The third-order valence-corrected chi connectivity index (χ3v) is 4.28. The van der Waals surface area contributed by atoms with Crippen LogP contribution in [-0.2, 0) is 11.3 Å². The molecule has 0 bridgehead atoms. The number of hydrogen-bond donors (Lipinski definition) is 2. The summed E-state index contributed by atoms with van der Waals surface area (Å²) in [6.07, 6.45) is 2.64. The van der Waals surface area contributed by atoms with E-state index in [9.17, 15) is 9.90 Å². The number of aliphatic carboxylic acids is 1. The first kappa shape index (κ1) is 13.8. The fourth-order valence-corrected chi connectivity index (χ4v) is 3.15. The van der Waals surface area contributed by atoms with Crippen molar-refractivity contribution in [3.63, 3.8) is 0 Å². The van der Waals surface area contributed by atoms with Crippen LogP contribution in [0.15, 0.2) is 36.5 Å². The van der Waals surface area contributed by atoms with Gasteiger partial charge >= 0.3 is 5.97 Å². The highest BCUT2D eigenvalue weighted by molar-refractivity contribution is 5.75. The Labute approximate surface area is 123 Å². The molecule has 0 amide bonds. The van der Waals surface area contributed by atoms with E-state index in [1.807, 2.05) is 42.2 Å². The molecule has 2 heterocycles. The van der Waals surface area contributed by atoms with Crippen LogP contribution in [0.2, 0.25) is 0 Å². The molecular formula is C16H19N3O2. The zero-order valence-electron chi connectivity index (χ0n) is 12.0. The van der Waals surface area contributed by atoms with E-state index in [0.717, 1.165) is 29.8 Å². The summed E-state index contributed by atoms with van der Waals surface area (Å²) >= 11 is 0. The highest BCUT2D eigenvalue weighted by Gasteiger charge is 2.40. The lowest BCUT2D eigenvalue weighted by molar-refractivity contribution is -0.142. The molecule has 5 nitrogen and oxygen atoms in total. The Kier molecular flexibility index (Phi) is 3.75. The van der Waals surface area contributed by atoms with Gasteiger partial charge in [-0.2, -0.15) is 5.10 Å². The van der Waals surface area contributed by atoms with Gasteiger partial charge in [0.25, 0.3) is 0 Å². The number of carbonyl (C=O) groups is 1. The first-order valence-electron chi connectivity index (χ1n) is 7.17. The van der Waals surface area contributed by atoms with Crippen LogP contribution in [0.1, 0.15) is 29.2 Å². The van der Waals surface area contributed by atoms with Gasteiger partial charge in [0, 0.05) is 19.0 Å². The Morgan fingerprint density at radius 3 is 2.81 bits per heavy atom. The number of nitrogens with one attached hydrogen (secondary N) is 1. The fourth-order valence-electron chi connectivity index (χ4n) is 3.15. The average molecular weight is 285 g/mol. The van der Waals surface area contributed by atoms with Crippen molar-refractivity contribution in [3.05, 3.63) is 53.3 Å². The fraction of sp³-hybridized carbons (Fsp3) is 0.375. The van der Waals surface area contributed by atoms with Gasteiger partial charge in [-0.05, 0) is 24.5 Å². The Balaban J connectivity index is 1.83. The van der Waals surface area contributed by atoms with E-state index < -0.39 is 12.0 Å². The monoisotopic (exact) mass is 285 g/mol. The van der Waals surface area contributed by atoms with E-state index in [-0.39, 0.29) is 5.92 Å². The summed E-state index contributed by atoms with van der Waals surface area (Å²) < 4.78 is 0. The third-order valence-electron chi connectivity index (χ3n) is 4.28. The van der Waals surface area contributed by atoms with E-state index in [1.165, 1.54) is 0 Å². The lowest BCUT2D eigenvalue weighted by Crippen LogP contribution is -2.38. The zero-order chi connectivity index (χ0) is 14.8. The summed E-state index contributed by atoms with van der Waals surface area (Å²) in [6, 6.07) is 9.46. The molecule has 5 heteroatoms. The molecule has 110 valence electrons. The van der Waals surface area contributed by atoms with Gasteiger partial charge < -0.3 is 5.11 Å². The summed E-state index contributed by atoms with van der Waals surface area (Å²) in [5.74, 6) is -0.703. The number of carboxylic acids is 1. The Bertz CT molecular complexity index is 623. The standard InChI is InChI=1S/C16H19N3O2/c1-11-9-17-18-14(11)10-19-8-7-13(15(19)16(20)21)12-5-3-2-4-6-12/h2-6,9,13,15H,7-8,10H2,1H3,(H,17,18)(H,20,21). The molecule has 1 aliphatic rings. The zero-order valence-corrected chi connectivity index (χ0v) is 12.0. The van der Waals surface area contributed by atoms with E-state index in [0.29, 0.717) is 6.54 Å². The minimum absolute atomic E-state index is 0.0481. The van der Waals surface area contributed by atoms with Crippen LogP contribution in [-0.4, -0.2) is 38.8 Å². The summed E-state index contributed by atoms with van der Waals surface area (Å²) in [7, 11) is 0. The van der Waals surface area contributed by atoms with E-state index in [2.05, 4.69) is 10.2 Å². The number of carboxylic acid groups (broad SMARTS) is 1. The van der Waals surface area contributed by atoms with Crippen LogP contribution < -0.4 is 0 Å². The van der Waals surface area contributed by atoms with Gasteiger partial charge in [0.1, 0.15) is 6.04 Å². The lowest BCUT2D eigenvalue weighted by atomic mass is 9.92. The molecule has 1 aromatic heterocycles. The molecule has 0 radical (unpaired) electrons. The van der Waals surface area contributed by atoms with E-state index in [4.69, 9.17) is 0 Å². The van der Waals surface area contributed by atoms with Crippen molar-refractivity contribution in [1.29, 1.82) is 0 Å². The minimum Gasteiger partial charge on any atom is -0.480 e. The first-order valence-corrected chi connectivity index (χ1v) is 7.17. The van der Waals surface area contributed by atoms with Crippen LogP contribution in [0.5, 0.6) is 0 Å². The SMILES string of the molecule is Cc1cn[nH]c1CN1CCC(c2ccccc2)C1C(=O)O. The quantitative estimate of drug-likeness (QED) is 0.903. The van der Waals surface area contributed by atoms with Crippen molar-refractivity contribution in [2.24, 2.45) is 0 Å². The maximum absolute atomic E-state index is 11.7. The minimum atomic E-state index is -0.751. The van der Waals surface area contributed by atoms with Gasteiger partial charge in [-0.1, -0.05) is 30.3 Å². The van der Waals surface area contributed by atoms with Gasteiger partial charge in [-0.3, -0.25) is 14.8 Å².